The molecule has 2 saturated carbocycles. The number of phenolic OH excluding ortho intramolecular Hbond substituents is 1. The maximum atomic E-state index is 11.6. The van der Waals surface area contributed by atoms with Gasteiger partial charge >= 0.3 is 35.3 Å². The number of rotatable bonds is 13. The van der Waals surface area contributed by atoms with E-state index in [1.165, 1.54) is 11.1 Å². The van der Waals surface area contributed by atoms with Crippen LogP contribution in [0.4, 0.5) is 0 Å². The van der Waals surface area contributed by atoms with E-state index in [1.807, 2.05) is 30.3 Å². The van der Waals surface area contributed by atoms with Crippen LogP contribution in [-0.2, 0) is 38.8 Å². The van der Waals surface area contributed by atoms with Gasteiger partial charge < -0.3 is 30.1 Å². The van der Waals surface area contributed by atoms with Crippen molar-refractivity contribution >= 4 is 18.8 Å². The van der Waals surface area contributed by atoms with E-state index in [4.69, 9.17) is 28.3 Å². The van der Waals surface area contributed by atoms with Crippen molar-refractivity contribution in [3.63, 3.8) is 0 Å². The average Bonchev–Trinajstić information content (AvgIpc) is 3.23. The number of pyridine rings is 1. The third-order valence-electron chi connectivity index (χ3n) is 10.1. The van der Waals surface area contributed by atoms with E-state index in [0.29, 0.717) is 62.9 Å². The van der Waals surface area contributed by atoms with Crippen molar-refractivity contribution in [1.82, 2.24) is 4.98 Å². The summed E-state index contributed by atoms with van der Waals surface area (Å²) in [6.07, 6.45) is 7.69. The Balaban J connectivity index is 0.00000129. The number of hydrogen-bond acceptors (Lipinski definition) is 6. The van der Waals surface area contributed by atoms with Crippen LogP contribution in [0.5, 0.6) is 5.75 Å². The van der Waals surface area contributed by atoms with Crippen LogP contribution in [0.1, 0.15) is 61.8 Å². The zero-order valence-electron chi connectivity index (χ0n) is 24.4. The van der Waals surface area contributed by atoms with E-state index in [9.17, 15) is 15.3 Å². The summed E-state index contributed by atoms with van der Waals surface area (Å²) >= 11 is -0.472. The molecule has 3 aliphatic rings. The van der Waals surface area contributed by atoms with Crippen molar-refractivity contribution in [2.24, 2.45) is 22.7 Å². The van der Waals surface area contributed by atoms with E-state index in [2.05, 4.69) is 23.3 Å². The van der Waals surface area contributed by atoms with Gasteiger partial charge in [-0.1, -0.05) is 19.1 Å². The number of nitrogens with zero attached hydrogens (tertiary/aromatic N) is 2. The molecule has 0 bridgehead atoms. The number of aliphatic hydroxyl groups excluding tert-OH is 2. The summed E-state index contributed by atoms with van der Waals surface area (Å²) in [6.45, 7) is 5.76. The van der Waals surface area contributed by atoms with Gasteiger partial charge in [-0.2, -0.15) is 0 Å². The molecule has 7 nitrogen and oxygen atoms in total. The maximum absolute atomic E-state index is 11.6. The number of phenols is 1. The van der Waals surface area contributed by atoms with Gasteiger partial charge in [-0.05, 0) is 104 Å². The molecule has 0 spiro atoms. The zero-order valence-corrected chi connectivity index (χ0v) is 28.2. The molecule has 5 rings (SSSR count). The number of aromatic nitrogens is 1. The number of ether oxygens (including phenoxy) is 2. The first-order valence-electron chi connectivity index (χ1n) is 15.0. The fourth-order valence-corrected chi connectivity index (χ4v) is 7.94. The summed E-state index contributed by atoms with van der Waals surface area (Å²) in [7, 11) is 9.75. The molecule has 42 heavy (non-hydrogen) atoms. The standard InChI is InChI=1S/C32H45N2O5.2ClH.Pt/c1-31-11-9-27-26-8-6-25(36)20-23(26)5-7-28(27)29(31)21-32(22-35,30(31)37)12-16-38-18-19-39-17-15-33-14-10-24-4-2-3-13-34-24;;;/h2-4,6,8,13,20,27-30,35-37H,5,7,9-12,14-19,21-22H2,1H3;2*1H;/q-1;;;+2/p-2/t27?,28?,29?,30-,31+,32-;;;/m1.../s1. The molecule has 238 valence electrons. The fraction of sp³-hybridized carbons (Fsp3) is 0.656. The Bertz CT molecular complexity index is 1100. The van der Waals surface area contributed by atoms with Gasteiger partial charge in [-0.15, -0.1) is 13.1 Å². The molecule has 1 heterocycles. The van der Waals surface area contributed by atoms with Crippen LogP contribution in [0, 0.1) is 22.7 Å². The predicted octanol–water partition coefficient (Wildman–Crippen LogP) is 6.01. The van der Waals surface area contributed by atoms with Crippen molar-refractivity contribution in [2.75, 3.05) is 46.1 Å². The average molecular weight is 804 g/mol. The molecule has 1 aromatic heterocycles. The van der Waals surface area contributed by atoms with Crippen molar-refractivity contribution in [3.8, 4) is 5.75 Å². The van der Waals surface area contributed by atoms with Gasteiger partial charge in [0.25, 0.3) is 0 Å². The Kier molecular flexibility index (Phi) is 13.4. The summed E-state index contributed by atoms with van der Waals surface area (Å²) in [5, 5.41) is 36.7. The van der Waals surface area contributed by atoms with Crippen LogP contribution < -0.4 is 0 Å². The minimum atomic E-state index is -0.533. The molecule has 6 atom stereocenters. The Morgan fingerprint density at radius 3 is 2.60 bits per heavy atom. The summed E-state index contributed by atoms with van der Waals surface area (Å²) < 4.78 is 11.6. The second kappa shape index (κ2) is 16.5. The van der Waals surface area contributed by atoms with Gasteiger partial charge in [0.2, 0.25) is 0 Å². The Labute approximate surface area is 267 Å². The number of aromatic hydroxyl groups is 1. The van der Waals surface area contributed by atoms with Gasteiger partial charge in [-0.3, -0.25) is 4.98 Å². The molecule has 3 N–H and O–H groups in total. The van der Waals surface area contributed by atoms with E-state index >= 15 is 0 Å². The molecular formula is C32H45Cl2N2O5Pt-. The molecular weight excluding hydrogens is 758 g/mol. The van der Waals surface area contributed by atoms with Crippen LogP contribution in [-0.4, -0.2) is 72.5 Å². The van der Waals surface area contributed by atoms with Crippen molar-refractivity contribution in [2.45, 2.75) is 63.9 Å². The number of aliphatic hydroxyl groups is 2. The number of hydrogen-bond donors (Lipinski definition) is 3. The van der Waals surface area contributed by atoms with Gasteiger partial charge in [0.1, 0.15) is 5.75 Å². The Hall–Kier alpha value is -0.762. The second-order valence-electron chi connectivity index (χ2n) is 12.2. The van der Waals surface area contributed by atoms with Crippen LogP contribution in [0.2, 0.25) is 0 Å². The molecule has 0 saturated heterocycles. The van der Waals surface area contributed by atoms with Crippen LogP contribution in [0.15, 0.2) is 42.6 Å². The van der Waals surface area contributed by atoms with Crippen LogP contribution >= 0.6 is 18.8 Å². The monoisotopic (exact) mass is 802 g/mol. The van der Waals surface area contributed by atoms with Crippen molar-refractivity contribution in [1.29, 1.82) is 0 Å². The third-order valence-corrected chi connectivity index (χ3v) is 10.1. The van der Waals surface area contributed by atoms with E-state index in [1.54, 1.807) is 6.20 Å². The molecule has 0 amide bonds. The molecule has 2 aromatic rings. The van der Waals surface area contributed by atoms with E-state index in [-0.39, 0.29) is 12.0 Å². The molecule has 10 heteroatoms. The van der Waals surface area contributed by atoms with Gasteiger partial charge in [0, 0.05) is 30.5 Å². The molecule has 2 fully saturated rings. The number of aryl methyl sites for hydroxylation is 1. The predicted molar refractivity (Wildman–Crippen MR) is 163 cm³/mol. The number of halogens is 2. The summed E-state index contributed by atoms with van der Waals surface area (Å²) in [4.78, 5) is 4.31. The first-order valence-corrected chi connectivity index (χ1v) is 20.6. The van der Waals surface area contributed by atoms with Gasteiger partial charge in [-0.25, -0.2) is 0 Å². The topological polar surface area (TPSA) is 106 Å². The summed E-state index contributed by atoms with van der Waals surface area (Å²) in [5.41, 5.74) is 3.02. The fourth-order valence-electron chi connectivity index (χ4n) is 7.94. The van der Waals surface area contributed by atoms with Crippen molar-refractivity contribution < 1.29 is 41.3 Å². The second-order valence-corrected chi connectivity index (χ2v) is 15.5. The SMILES string of the molecule is C[C@]12CCC3c4ccc(O)cc4CCC3C1C[C@@](CO)(CCOCCOCC[N-]CCc1ccccn1)[C@@H]2O.[Cl][Pt][Cl]. The van der Waals surface area contributed by atoms with Crippen LogP contribution in [0.3, 0.4) is 0 Å². The first kappa shape index (κ1) is 34.1. The molecule has 3 unspecified atom stereocenters. The van der Waals surface area contributed by atoms with Crippen molar-refractivity contribution in [3.05, 3.63) is 64.7 Å². The molecule has 1 aromatic carbocycles. The van der Waals surface area contributed by atoms with E-state index in [0.717, 1.165) is 50.8 Å². The third kappa shape index (κ3) is 8.09. The Morgan fingerprint density at radius 1 is 1.07 bits per heavy atom. The summed E-state index contributed by atoms with van der Waals surface area (Å²) in [5.74, 6) is 1.71. The normalized spacial score (nSPS) is 29.7. The zero-order chi connectivity index (χ0) is 30.0. The van der Waals surface area contributed by atoms with Crippen LogP contribution in [0.25, 0.3) is 5.32 Å². The van der Waals surface area contributed by atoms with Gasteiger partial charge in [0.05, 0.1) is 25.9 Å². The summed E-state index contributed by atoms with van der Waals surface area (Å²) in [6, 6.07) is 11.8. The molecule has 0 radical (unpaired) electrons. The quantitative estimate of drug-likeness (QED) is 0.215. The number of fused-ring (bicyclic) bond motifs is 5. The molecule has 3 aliphatic carbocycles. The molecule has 0 aliphatic heterocycles. The number of benzene rings is 1. The minimum absolute atomic E-state index is 0.0119. The van der Waals surface area contributed by atoms with Gasteiger partial charge in [0.15, 0.2) is 0 Å². The Morgan fingerprint density at radius 2 is 1.86 bits per heavy atom. The van der Waals surface area contributed by atoms with E-state index < -0.39 is 28.0 Å². The first-order chi connectivity index (χ1) is 20.4.